The van der Waals surface area contributed by atoms with E-state index in [-0.39, 0.29) is 12.5 Å². The smallest absolute Gasteiger partial charge is 0.249 e. The Morgan fingerprint density at radius 2 is 1.93 bits per heavy atom. The lowest BCUT2D eigenvalue weighted by molar-refractivity contribution is -0.121. The minimum atomic E-state index is -0.0945. The first-order chi connectivity index (χ1) is 14.2. The van der Waals surface area contributed by atoms with Gasteiger partial charge in [0.15, 0.2) is 0 Å². The molecular formula is C22H22N4O3. The Kier molecular flexibility index (Phi) is 5.29. The first-order valence-electron chi connectivity index (χ1n) is 9.48. The van der Waals surface area contributed by atoms with Crippen LogP contribution in [0.4, 0.5) is 0 Å². The molecule has 1 N–H and O–H groups in total. The Bertz CT molecular complexity index is 1150. The van der Waals surface area contributed by atoms with Crippen LogP contribution in [0, 0.1) is 0 Å². The van der Waals surface area contributed by atoms with E-state index in [0.717, 1.165) is 27.8 Å². The number of carbonyl (C=O) groups is 1. The highest BCUT2D eigenvalue weighted by molar-refractivity contribution is 5.94. The highest BCUT2D eigenvalue weighted by Crippen LogP contribution is 2.30. The lowest BCUT2D eigenvalue weighted by Crippen LogP contribution is -2.27. The molecule has 2 aromatic heterocycles. The highest BCUT2D eigenvalue weighted by Gasteiger charge is 2.16. The topological polar surface area (TPSA) is 82.2 Å². The van der Waals surface area contributed by atoms with E-state index in [2.05, 4.69) is 15.5 Å². The predicted molar refractivity (Wildman–Crippen MR) is 109 cm³/mol. The minimum Gasteiger partial charge on any atom is -0.496 e. The maximum atomic E-state index is 12.6. The molecule has 0 saturated carbocycles. The molecule has 0 spiro atoms. The number of nitrogens with zero attached hydrogens (tertiary/aromatic N) is 3. The maximum absolute atomic E-state index is 12.6. The quantitative estimate of drug-likeness (QED) is 0.522. The van der Waals surface area contributed by atoms with E-state index in [1.807, 2.05) is 66.2 Å². The van der Waals surface area contributed by atoms with Crippen LogP contribution in [-0.2, 0) is 24.3 Å². The fourth-order valence-electron chi connectivity index (χ4n) is 3.31. The van der Waals surface area contributed by atoms with Crippen molar-refractivity contribution in [3.8, 4) is 17.2 Å². The van der Waals surface area contributed by atoms with Crippen molar-refractivity contribution in [3.63, 3.8) is 0 Å². The molecule has 7 heteroatoms. The van der Waals surface area contributed by atoms with Crippen LogP contribution in [0.25, 0.3) is 22.4 Å². The van der Waals surface area contributed by atoms with E-state index in [1.54, 1.807) is 7.11 Å². The number of para-hydroxylation sites is 2. The fourth-order valence-corrected chi connectivity index (χ4v) is 3.31. The van der Waals surface area contributed by atoms with Crippen LogP contribution in [0.15, 0.2) is 59.1 Å². The van der Waals surface area contributed by atoms with E-state index in [9.17, 15) is 4.79 Å². The van der Waals surface area contributed by atoms with Gasteiger partial charge in [-0.2, -0.15) is 0 Å². The number of carbonyl (C=O) groups excluding carboxylic acids is 1. The molecule has 0 aliphatic carbocycles. The second kappa shape index (κ2) is 8.18. The van der Waals surface area contributed by atoms with Gasteiger partial charge in [-0.1, -0.05) is 43.3 Å². The van der Waals surface area contributed by atoms with Gasteiger partial charge in [0.2, 0.25) is 17.7 Å². The molecule has 0 bridgehead atoms. The number of fused-ring (bicyclic) bond motifs is 1. The number of methoxy groups -OCH3 is 1. The second-order valence-electron chi connectivity index (χ2n) is 6.63. The summed E-state index contributed by atoms with van der Waals surface area (Å²) in [4.78, 5) is 12.6. The summed E-state index contributed by atoms with van der Waals surface area (Å²) < 4.78 is 13.0. The zero-order valence-electron chi connectivity index (χ0n) is 16.4. The normalized spacial score (nSPS) is 11.0. The zero-order valence-corrected chi connectivity index (χ0v) is 16.4. The molecule has 1 amide bonds. The molecule has 4 rings (SSSR count). The molecule has 29 heavy (non-hydrogen) atoms. The van der Waals surface area contributed by atoms with Gasteiger partial charge >= 0.3 is 0 Å². The van der Waals surface area contributed by atoms with Gasteiger partial charge in [0.05, 0.1) is 12.7 Å². The average molecular weight is 390 g/mol. The summed E-state index contributed by atoms with van der Waals surface area (Å²) in [5.74, 6) is 1.71. The number of aryl methyl sites for hydroxylation is 1. The predicted octanol–water partition coefficient (Wildman–Crippen LogP) is 3.58. The Balaban J connectivity index is 1.55. The van der Waals surface area contributed by atoms with E-state index in [0.29, 0.717) is 24.7 Å². The van der Waals surface area contributed by atoms with Gasteiger partial charge in [0.25, 0.3) is 0 Å². The third-order valence-corrected chi connectivity index (χ3v) is 4.77. The van der Waals surface area contributed by atoms with Crippen molar-refractivity contribution in [1.29, 1.82) is 0 Å². The Hall–Kier alpha value is -3.61. The largest absolute Gasteiger partial charge is 0.496 e. The lowest BCUT2D eigenvalue weighted by atomic mass is 10.2. The number of hydrogen-bond acceptors (Lipinski definition) is 5. The Labute approximate surface area is 168 Å². The molecule has 0 aliphatic heterocycles. The average Bonchev–Trinajstić information content (AvgIpc) is 3.37. The lowest BCUT2D eigenvalue weighted by Gasteiger charge is -2.10. The van der Waals surface area contributed by atoms with Crippen LogP contribution in [0.5, 0.6) is 5.75 Å². The van der Waals surface area contributed by atoms with Gasteiger partial charge in [-0.3, -0.25) is 4.79 Å². The van der Waals surface area contributed by atoms with Crippen molar-refractivity contribution in [3.05, 3.63) is 66.2 Å². The van der Waals surface area contributed by atoms with Crippen LogP contribution in [0.1, 0.15) is 18.4 Å². The van der Waals surface area contributed by atoms with E-state index < -0.39 is 0 Å². The summed E-state index contributed by atoms with van der Waals surface area (Å²) in [6, 6.07) is 15.5. The number of aromatic nitrogens is 3. The molecule has 0 aliphatic rings. The number of nitrogens with one attached hydrogen (secondary N) is 1. The van der Waals surface area contributed by atoms with Gasteiger partial charge in [-0.25, -0.2) is 0 Å². The van der Waals surface area contributed by atoms with Gasteiger partial charge in [-0.05, 0) is 12.1 Å². The first kappa shape index (κ1) is 18.7. The number of hydrogen-bond donors (Lipinski definition) is 1. The van der Waals surface area contributed by atoms with Crippen molar-refractivity contribution in [2.75, 3.05) is 7.11 Å². The molecule has 7 nitrogen and oxygen atoms in total. The maximum Gasteiger partial charge on any atom is 0.249 e. The SMILES string of the molecule is CCc1nnc(-c2cn(CC(=O)NCc3ccccc3OC)c3ccccc23)o1. The molecule has 148 valence electrons. The number of rotatable bonds is 7. The Morgan fingerprint density at radius 1 is 1.14 bits per heavy atom. The third-order valence-electron chi connectivity index (χ3n) is 4.77. The van der Waals surface area contributed by atoms with E-state index in [4.69, 9.17) is 9.15 Å². The molecule has 0 fully saturated rings. The van der Waals surface area contributed by atoms with Crippen LogP contribution < -0.4 is 10.1 Å². The monoisotopic (exact) mass is 390 g/mol. The van der Waals surface area contributed by atoms with Gasteiger partial charge in [-0.15, -0.1) is 10.2 Å². The van der Waals surface area contributed by atoms with Crippen molar-refractivity contribution < 1.29 is 13.9 Å². The van der Waals surface area contributed by atoms with Crippen LogP contribution >= 0.6 is 0 Å². The highest BCUT2D eigenvalue weighted by atomic mass is 16.5. The number of benzene rings is 2. The van der Waals surface area contributed by atoms with E-state index >= 15 is 0 Å². The summed E-state index contributed by atoms with van der Waals surface area (Å²) in [6.45, 7) is 2.55. The van der Waals surface area contributed by atoms with Gasteiger partial charge < -0.3 is 19.0 Å². The summed E-state index contributed by atoms with van der Waals surface area (Å²) >= 11 is 0. The third kappa shape index (κ3) is 3.85. The first-order valence-corrected chi connectivity index (χ1v) is 9.48. The summed E-state index contributed by atoms with van der Waals surface area (Å²) in [5, 5.41) is 12.1. The van der Waals surface area contributed by atoms with Crippen molar-refractivity contribution in [1.82, 2.24) is 20.1 Å². The molecule has 0 radical (unpaired) electrons. The molecule has 2 aromatic carbocycles. The second-order valence-corrected chi connectivity index (χ2v) is 6.63. The van der Waals surface area contributed by atoms with Gasteiger partial charge in [0, 0.05) is 35.6 Å². The van der Waals surface area contributed by atoms with Crippen LogP contribution in [0.3, 0.4) is 0 Å². The van der Waals surface area contributed by atoms with Crippen LogP contribution in [-0.4, -0.2) is 27.8 Å². The summed E-state index contributed by atoms with van der Waals surface area (Å²) in [5.41, 5.74) is 2.69. The molecule has 4 aromatic rings. The Morgan fingerprint density at radius 3 is 2.72 bits per heavy atom. The number of ether oxygens (including phenoxy) is 1. The molecule has 2 heterocycles. The van der Waals surface area contributed by atoms with Crippen molar-refractivity contribution >= 4 is 16.8 Å². The zero-order chi connectivity index (χ0) is 20.2. The molecular weight excluding hydrogens is 368 g/mol. The molecule has 0 atom stereocenters. The van der Waals surface area contributed by atoms with Crippen LogP contribution in [0.2, 0.25) is 0 Å². The number of amides is 1. The summed E-state index contributed by atoms with van der Waals surface area (Å²) in [6.07, 6.45) is 2.57. The van der Waals surface area contributed by atoms with E-state index in [1.165, 1.54) is 0 Å². The fraction of sp³-hybridized carbons (Fsp3) is 0.227. The minimum absolute atomic E-state index is 0.0945. The van der Waals surface area contributed by atoms with Crippen molar-refractivity contribution in [2.24, 2.45) is 0 Å². The van der Waals surface area contributed by atoms with Gasteiger partial charge in [0.1, 0.15) is 12.3 Å². The standard InChI is InChI=1S/C22H22N4O3/c1-3-21-24-25-22(29-21)17-13-26(18-10-6-5-9-16(17)18)14-20(27)23-12-15-8-4-7-11-19(15)28-2/h4-11,13H,3,12,14H2,1-2H3,(H,23,27). The molecule has 0 unspecified atom stereocenters. The van der Waals surface area contributed by atoms with Crippen molar-refractivity contribution in [2.45, 2.75) is 26.4 Å². The summed E-state index contributed by atoms with van der Waals surface area (Å²) in [7, 11) is 1.62. The molecule has 0 saturated heterocycles.